The summed E-state index contributed by atoms with van der Waals surface area (Å²) >= 11 is 0. The molecule has 7 nitrogen and oxygen atoms in total. The average Bonchev–Trinajstić information content (AvgIpc) is 3.19. The van der Waals surface area contributed by atoms with E-state index in [-0.39, 0.29) is 6.61 Å². The zero-order valence-corrected chi connectivity index (χ0v) is 20.4. The standard InChI is InChI=1S/C27H34N2O5/c1-6-9-22(19(3)7-2)14-29-25(13-23(28-29)18-34-27(4,5)26(30)31)21-10-8-11-24(12-21)33-17-20-15-32-16-20/h6-13,20H,2,14-18H2,1,3-5H3,(H,30,31)/b9-6-,22-19+. The Kier molecular flexibility index (Phi) is 8.47. The number of carboxylic acid groups (broad SMARTS) is 1. The van der Waals surface area contributed by atoms with E-state index in [2.05, 4.69) is 6.58 Å². The maximum atomic E-state index is 11.4. The third-order valence-electron chi connectivity index (χ3n) is 5.75. The van der Waals surface area contributed by atoms with Crippen molar-refractivity contribution in [3.05, 3.63) is 72.0 Å². The number of hydrogen-bond acceptors (Lipinski definition) is 5. The second-order valence-corrected chi connectivity index (χ2v) is 8.94. The summed E-state index contributed by atoms with van der Waals surface area (Å²) in [6.45, 7) is 13.7. The summed E-state index contributed by atoms with van der Waals surface area (Å²) in [5.74, 6) is 0.202. The maximum Gasteiger partial charge on any atom is 0.335 e. The molecule has 0 aliphatic carbocycles. The van der Waals surface area contributed by atoms with E-state index in [1.165, 1.54) is 13.8 Å². The molecule has 2 aromatic rings. The lowest BCUT2D eigenvalue weighted by molar-refractivity contribution is -0.162. The van der Waals surface area contributed by atoms with Gasteiger partial charge in [0.15, 0.2) is 5.60 Å². The number of nitrogens with zero attached hydrogens (tertiary/aromatic N) is 2. The van der Waals surface area contributed by atoms with Gasteiger partial charge in [-0.25, -0.2) is 4.79 Å². The molecule has 0 radical (unpaired) electrons. The molecule has 1 saturated heterocycles. The zero-order chi connectivity index (χ0) is 24.7. The Morgan fingerprint density at radius 1 is 1.35 bits per heavy atom. The van der Waals surface area contributed by atoms with Gasteiger partial charge in [0.25, 0.3) is 0 Å². The van der Waals surface area contributed by atoms with Crippen molar-refractivity contribution in [2.75, 3.05) is 19.8 Å². The van der Waals surface area contributed by atoms with Crippen molar-refractivity contribution in [3.63, 3.8) is 0 Å². The van der Waals surface area contributed by atoms with E-state index in [4.69, 9.17) is 19.3 Å². The van der Waals surface area contributed by atoms with Crippen LogP contribution in [0.3, 0.4) is 0 Å². The smallest absolute Gasteiger partial charge is 0.335 e. The molecule has 1 aliphatic rings. The molecule has 0 atom stereocenters. The predicted molar refractivity (Wildman–Crippen MR) is 132 cm³/mol. The molecule has 2 heterocycles. The second-order valence-electron chi connectivity index (χ2n) is 8.94. The summed E-state index contributed by atoms with van der Waals surface area (Å²) in [5.41, 5.74) is 3.33. The first-order valence-corrected chi connectivity index (χ1v) is 11.4. The first kappa shape index (κ1) is 25.5. The van der Waals surface area contributed by atoms with Crippen molar-refractivity contribution in [2.45, 2.75) is 46.4 Å². The van der Waals surface area contributed by atoms with Gasteiger partial charge in [-0.3, -0.25) is 4.68 Å². The van der Waals surface area contributed by atoms with Gasteiger partial charge in [0.2, 0.25) is 0 Å². The molecular weight excluding hydrogens is 432 g/mol. The number of rotatable bonds is 12. The largest absolute Gasteiger partial charge is 0.493 e. The van der Waals surface area contributed by atoms with Crippen LogP contribution in [0.2, 0.25) is 0 Å². The normalized spacial score (nSPS) is 15.2. The van der Waals surface area contributed by atoms with Gasteiger partial charge in [0.05, 0.1) is 44.4 Å². The molecule has 7 heteroatoms. The fraction of sp³-hybridized carbons (Fsp3) is 0.407. The van der Waals surface area contributed by atoms with Gasteiger partial charge in [-0.05, 0) is 57.0 Å². The number of ether oxygens (including phenoxy) is 3. The SMILES string of the molecule is C=C/C(C)=C(\C=C/C)Cn1nc(COC(C)(C)C(=O)O)cc1-c1cccc(OCC2COC2)c1. The highest BCUT2D eigenvalue weighted by molar-refractivity contribution is 5.76. The highest BCUT2D eigenvalue weighted by atomic mass is 16.5. The van der Waals surface area contributed by atoms with Crippen molar-refractivity contribution >= 4 is 5.97 Å². The molecule has 0 bridgehead atoms. The summed E-state index contributed by atoms with van der Waals surface area (Å²) in [6, 6.07) is 9.85. The summed E-state index contributed by atoms with van der Waals surface area (Å²) in [6.07, 6.45) is 5.87. The Morgan fingerprint density at radius 3 is 2.74 bits per heavy atom. The van der Waals surface area contributed by atoms with E-state index in [9.17, 15) is 9.90 Å². The minimum atomic E-state index is -1.31. The molecule has 0 spiro atoms. The van der Waals surface area contributed by atoms with Crippen LogP contribution >= 0.6 is 0 Å². The van der Waals surface area contributed by atoms with Crippen molar-refractivity contribution in [1.29, 1.82) is 0 Å². The van der Waals surface area contributed by atoms with E-state index >= 15 is 0 Å². The molecule has 1 aliphatic heterocycles. The summed E-state index contributed by atoms with van der Waals surface area (Å²) in [7, 11) is 0. The number of aliphatic carboxylic acids is 1. The van der Waals surface area contributed by atoms with E-state index in [0.717, 1.165) is 41.4 Å². The first-order chi connectivity index (χ1) is 16.2. The highest BCUT2D eigenvalue weighted by Crippen LogP contribution is 2.28. The van der Waals surface area contributed by atoms with Crippen LogP contribution < -0.4 is 4.74 Å². The number of aromatic nitrogens is 2. The lowest BCUT2D eigenvalue weighted by Crippen LogP contribution is -2.34. The lowest BCUT2D eigenvalue weighted by Gasteiger charge is -2.25. The molecule has 3 rings (SSSR count). The van der Waals surface area contributed by atoms with Crippen LogP contribution in [-0.2, 0) is 27.4 Å². The van der Waals surface area contributed by atoms with Gasteiger partial charge in [0, 0.05) is 11.5 Å². The van der Waals surface area contributed by atoms with Gasteiger partial charge < -0.3 is 19.3 Å². The summed E-state index contributed by atoms with van der Waals surface area (Å²) < 4.78 is 18.8. The Labute approximate surface area is 201 Å². The quantitative estimate of drug-likeness (QED) is 0.442. The molecule has 0 unspecified atom stereocenters. The van der Waals surface area contributed by atoms with Gasteiger partial charge >= 0.3 is 5.97 Å². The van der Waals surface area contributed by atoms with Crippen LogP contribution in [-0.4, -0.2) is 46.3 Å². The van der Waals surface area contributed by atoms with Crippen LogP contribution in [0.5, 0.6) is 5.75 Å². The molecule has 1 aromatic carbocycles. The molecule has 182 valence electrons. The third-order valence-corrected chi connectivity index (χ3v) is 5.75. The third kappa shape index (κ3) is 6.46. The van der Waals surface area contributed by atoms with Gasteiger partial charge in [-0.1, -0.05) is 36.9 Å². The number of hydrogen-bond donors (Lipinski definition) is 1. The Hall–Kier alpha value is -3.16. The van der Waals surface area contributed by atoms with Crippen molar-refractivity contribution in [1.82, 2.24) is 9.78 Å². The lowest BCUT2D eigenvalue weighted by atomic mass is 10.1. The minimum absolute atomic E-state index is 0.0836. The van der Waals surface area contributed by atoms with E-state index in [1.54, 1.807) is 0 Å². The van der Waals surface area contributed by atoms with Gasteiger partial charge in [0.1, 0.15) is 5.75 Å². The van der Waals surface area contributed by atoms with Crippen LogP contribution in [0.15, 0.2) is 66.3 Å². The van der Waals surface area contributed by atoms with Gasteiger partial charge in [-0.15, -0.1) is 0 Å². The Balaban J connectivity index is 1.92. The minimum Gasteiger partial charge on any atom is -0.493 e. The highest BCUT2D eigenvalue weighted by Gasteiger charge is 2.28. The molecule has 34 heavy (non-hydrogen) atoms. The molecule has 0 amide bonds. The van der Waals surface area contributed by atoms with Crippen molar-refractivity contribution in [3.8, 4) is 17.0 Å². The zero-order valence-electron chi connectivity index (χ0n) is 20.4. The number of allylic oxidation sites excluding steroid dienone is 5. The number of carbonyl (C=O) groups is 1. The van der Waals surface area contributed by atoms with Crippen LogP contribution in [0.25, 0.3) is 11.3 Å². The monoisotopic (exact) mass is 466 g/mol. The number of carboxylic acids is 1. The van der Waals surface area contributed by atoms with Crippen LogP contribution in [0.1, 0.15) is 33.4 Å². The predicted octanol–water partition coefficient (Wildman–Crippen LogP) is 5.03. The number of benzene rings is 1. The first-order valence-electron chi connectivity index (χ1n) is 11.4. The van der Waals surface area contributed by atoms with Crippen molar-refractivity contribution in [2.24, 2.45) is 5.92 Å². The Morgan fingerprint density at radius 2 is 2.12 bits per heavy atom. The summed E-state index contributed by atoms with van der Waals surface area (Å²) in [5, 5.41) is 14.1. The maximum absolute atomic E-state index is 11.4. The topological polar surface area (TPSA) is 82.8 Å². The average molecular weight is 467 g/mol. The molecule has 1 aromatic heterocycles. The van der Waals surface area contributed by atoms with E-state index < -0.39 is 11.6 Å². The fourth-order valence-electron chi connectivity index (χ4n) is 3.35. The van der Waals surface area contributed by atoms with E-state index in [0.29, 0.717) is 24.8 Å². The second kappa shape index (κ2) is 11.3. The van der Waals surface area contributed by atoms with Crippen molar-refractivity contribution < 1.29 is 24.1 Å². The fourth-order valence-corrected chi connectivity index (χ4v) is 3.35. The molecule has 1 N–H and O–H groups in total. The molecule has 0 saturated carbocycles. The summed E-state index contributed by atoms with van der Waals surface area (Å²) in [4.78, 5) is 11.4. The van der Waals surface area contributed by atoms with Crippen LogP contribution in [0, 0.1) is 5.92 Å². The molecule has 1 fully saturated rings. The van der Waals surface area contributed by atoms with E-state index in [1.807, 2.05) is 67.1 Å². The Bertz CT molecular complexity index is 1080. The molecular formula is C27H34N2O5. The van der Waals surface area contributed by atoms with Gasteiger partial charge in [-0.2, -0.15) is 5.10 Å². The van der Waals surface area contributed by atoms with Crippen LogP contribution in [0.4, 0.5) is 0 Å².